The molecule has 0 spiro atoms. The molecule has 0 aromatic heterocycles. The van der Waals surface area contributed by atoms with Crippen LogP contribution in [-0.4, -0.2) is 32.1 Å². The highest BCUT2D eigenvalue weighted by Gasteiger charge is 2.23. The Bertz CT molecular complexity index is 143. The highest BCUT2D eigenvalue weighted by Crippen LogP contribution is 2.25. The van der Waals surface area contributed by atoms with Gasteiger partial charge in [0.15, 0.2) is 6.29 Å². The average Bonchev–Trinajstić information content (AvgIpc) is 2.26. The van der Waals surface area contributed by atoms with E-state index in [1.54, 1.807) is 0 Å². The van der Waals surface area contributed by atoms with Gasteiger partial charge in [-0.2, -0.15) is 0 Å². The zero-order valence-electron chi connectivity index (χ0n) is 8.58. The van der Waals surface area contributed by atoms with Crippen LogP contribution in [0.3, 0.4) is 0 Å². The lowest BCUT2D eigenvalue weighted by atomic mass is 10.0. The van der Waals surface area contributed by atoms with E-state index in [9.17, 15) is 0 Å². The molecule has 0 aliphatic carbocycles. The van der Waals surface area contributed by atoms with Crippen LogP contribution >= 0.6 is 8.58 Å². The second kappa shape index (κ2) is 7.55. The molecule has 1 aliphatic heterocycles. The number of hydrogen-bond donors (Lipinski definition) is 2. The van der Waals surface area contributed by atoms with E-state index >= 15 is 0 Å². The van der Waals surface area contributed by atoms with Gasteiger partial charge < -0.3 is 20.9 Å². The second-order valence-electron chi connectivity index (χ2n) is 3.52. The molecule has 0 radical (unpaired) electrons. The van der Waals surface area contributed by atoms with Crippen LogP contribution in [0.5, 0.6) is 0 Å². The number of nitrogens with two attached hydrogens (primary N) is 2. The van der Waals surface area contributed by atoms with Gasteiger partial charge in [-0.25, -0.2) is 0 Å². The molecule has 4 N–H and O–H groups in total. The number of unbranched alkanes of at least 4 members (excludes halogenated alkanes) is 1. The van der Waals surface area contributed by atoms with Crippen LogP contribution in [0, 0.1) is 5.92 Å². The fraction of sp³-hybridized carbons (Fsp3) is 1.00. The Morgan fingerprint density at radius 2 is 1.93 bits per heavy atom. The van der Waals surface area contributed by atoms with Crippen molar-refractivity contribution in [3.8, 4) is 0 Å². The van der Waals surface area contributed by atoms with E-state index in [0.29, 0.717) is 12.5 Å². The fourth-order valence-electron chi connectivity index (χ4n) is 1.56. The molecular formula is C9H21N2O2P. The van der Waals surface area contributed by atoms with Crippen LogP contribution < -0.4 is 11.5 Å². The molecule has 1 atom stereocenters. The van der Waals surface area contributed by atoms with Crippen LogP contribution in [0.15, 0.2) is 0 Å². The predicted octanol–water partition coefficient (Wildman–Crippen LogP) is 0.657. The van der Waals surface area contributed by atoms with Crippen LogP contribution in [-0.2, 0) is 9.47 Å². The highest BCUT2D eigenvalue weighted by molar-refractivity contribution is 7.37. The molecule has 84 valence electrons. The quantitative estimate of drug-likeness (QED) is 0.509. The Kier molecular flexibility index (Phi) is 6.65. The molecule has 14 heavy (non-hydrogen) atoms. The molecule has 1 heterocycles. The van der Waals surface area contributed by atoms with Crippen molar-refractivity contribution in [1.82, 2.24) is 0 Å². The number of ether oxygens (including phenoxy) is 2. The second-order valence-corrected chi connectivity index (χ2v) is 4.60. The van der Waals surface area contributed by atoms with Gasteiger partial charge in [0.1, 0.15) is 0 Å². The summed E-state index contributed by atoms with van der Waals surface area (Å²) in [7, 11) is 0.779. The summed E-state index contributed by atoms with van der Waals surface area (Å²) < 4.78 is 11.1. The van der Waals surface area contributed by atoms with Crippen molar-refractivity contribution in [3.05, 3.63) is 0 Å². The molecule has 0 saturated carbocycles. The van der Waals surface area contributed by atoms with E-state index in [1.165, 1.54) is 0 Å². The van der Waals surface area contributed by atoms with Crippen LogP contribution in [0.2, 0.25) is 0 Å². The third-order valence-electron chi connectivity index (χ3n) is 2.42. The SMILES string of the molecule is NCCCCC(CN)C1OCPCO1. The average molecular weight is 220 g/mol. The van der Waals surface area contributed by atoms with Crippen molar-refractivity contribution >= 4 is 8.58 Å². The van der Waals surface area contributed by atoms with Gasteiger partial charge in [-0.05, 0) is 25.9 Å². The largest absolute Gasteiger partial charge is 0.348 e. The Balaban J connectivity index is 2.21. The molecule has 1 saturated heterocycles. The molecule has 1 rings (SSSR count). The summed E-state index contributed by atoms with van der Waals surface area (Å²) in [4.78, 5) is 0. The predicted molar refractivity (Wildman–Crippen MR) is 59.5 cm³/mol. The molecule has 1 fully saturated rings. The standard InChI is InChI=1S/C9H21N2O2P/c10-4-2-1-3-8(5-11)9-12-6-14-7-13-9/h8-9,14H,1-7,10-11H2. The lowest BCUT2D eigenvalue weighted by Gasteiger charge is -2.29. The van der Waals surface area contributed by atoms with Gasteiger partial charge in [0, 0.05) is 5.92 Å². The van der Waals surface area contributed by atoms with Gasteiger partial charge in [-0.1, -0.05) is 15.0 Å². The Hall–Kier alpha value is 0.270. The maximum Gasteiger partial charge on any atom is 0.162 e. The summed E-state index contributed by atoms with van der Waals surface area (Å²) >= 11 is 0. The van der Waals surface area contributed by atoms with Crippen molar-refractivity contribution in [1.29, 1.82) is 0 Å². The van der Waals surface area contributed by atoms with E-state index < -0.39 is 0 Å². The van der Waals surface area contributed by atoms with Crippen molar-refractivity contribution in [2.75, 3.05) is 25.8 Å². The zero-order chi connectivity index (χ0) is 10.2. The van der Waals surface area contributed by atoms with E-state index in [4.69, 9.17) is 20.9 Å². The number of rotatable bonds is 6. The van der Waals surface area contributed by atoms with E-state index in [-0.39, 0.29) is 6.29 Å². The first-order valence-electron chi connectivity index (χ1n) is 5.22. The van der Waals surface area contributed by atoms with Crippen molar-refractivity contribution in [2.24, 2.45) is 17.4 Å². The minimum Gasteiger partial charge on any atom is -0.348 e. The molecule has 4 nitrogen and oxygen atoms in total. The minimum absolute atomic E-state index is 0.0703. The summed E-state index contributed by atoms with van der Waals surface area (Å²) in [6.45, 7) is 1.39. The Morgan fingerprint density at radius 1 is 1.21 bits per heavy atom. The Labute approximate surface area is 87.5 Å². The van der Waals surface area contributed by atoms with Crippen molar-refractivity contribution in [3.63, 3.8) is 0 Å². The molecule has 0 amide bonds. The first-order valence-corrected chi connectivity index (χ1v) is 6.64. The third-order valence-corrected chi connectivity index (χ3v) is 3.16. The number of hydrogen-bond acceptors (Lipinski definition) is 4. The van der Waals surface area contributed by atoms with Gasteiger partial charge in [-0.3, -0.25) is 0 Å². The summed E-state index contributed by atoms with van der Waals surface area (Å²) in [5, 5.41) is 0. The molecule has 0 bridgehead atoms. The van der Waals surface area contributed by atoms with E-state index in [1.807, 2.05) is 0 Å². The fourth-order valence-corrected chi connectivity index (χ4v) is 2.21. The zero-order valence-corrected chi connectivity index (χ0v) is 9.58. The monoisotopic (exact) mass is 220 g/mol. The lowest BCUT2D eigenvalue weighted by Crippen LogP contribution is -2.34. The van der Waals surface area contributed by atoms with E-state index in [0.717, 1.165) is 47.1 Å². The van der Waals surface area contributed by atoms with E-state index in [2.05, 4.69) is 0 Å². The highest BCUT2D eigenvalue weighted by atomic mass is 31.1. The minimum atomic E-state index is -0.0703. The molecule has 1 unspecified atom stereocenters. The molecule has 5 heteroatoms. The first-order chi connectivity index (χ1) is 6.88. The lowest BCUT2D eigenvalue weighted by molar-refractivity contribution is -0.158. The van der Waals surface area contributed by atoms with Gasteiger partial charge in [0.25, 0.3) is 0 Å². The summed E-state index contributed by atoms with van der Waals surface area (Å²) in [5.74, 6) is 0.339. The molecule has 0 aromatic carbocycles. The van der Waals surface area contributed by atoms with Crippen molar-refractivity contribution in [2.45, 2.75) is 25.6 Å². The van der Waals surface area contributed by atoms with Crippen molar-refractivity contribution < 1.29 is 9.47 Å². The van der Waals surface area contributed by atoms with Crippen LogP contribution in [0.25, 0.3) is 0 Å². The smallest absolute Gasteiger partial charge is 0.162 e. The first kappa shape index (κ1) is 12.3. The molecular weight excluding hydrogens is 199 g/mol. The normalized spacial score (nSPS) is 26.6. The Morgan fingerprint density at radius 3 is 2.50 bits per heavy atom. The van der Waals surface area contributed by atoms with Gasteiger partial charge in [0.05, 0.1) is 12.7 Å². The molecule has 1 aliphatic rings. The summed E-state index contributed by atoms with van der Waals surface area (Å²) in [6.07, 6.45) is 4.82. The van der Waals surface area contributed by atoms with Gasteiger partial charge in [-0.15, -0.1) is 0 Å². The summed E-state index contributed by atoms with van der Waals surface area (Å²) in [5.41, 5.74) is 11.1. The molecule has 0 aromatic rings. The maximum atomic E-state index is 5.70. The maximum absolute atomic E-state index is 5.70. The topological polar surface area (TPSA) is 70.5 Å². The van der Waals surface area contributed by atoms with Crippen LogP contribution in [0.4, 0.5) is 0 Å². The summed E-state index contributed by atoms with van der Waals surface area (Å²) in [6, 6.07) is 0. The van der Waals surface area contributed by atoms with Gasteiger partial charge >= 0.3 is 0 Å². The van der Waals surface area contributed by atoms with Crippen LogP contribution in [0.1, 0.15) is 19.3 Å². The third kappa shape index (κ3) is 4.20. The van der Waals surface area contributed by atoms with Gasteiger partial charge in [0.2, 0.25) is 0 Å².